The van der Waals surface area contributed by atoms with E-state index < -0.39 is 21.7 Å². The topological polar surface area (TPSA) is 90.0 Å². The zero-order chi connectivity index (χ0) is 15.3. The molecule has 7 nitrogen and oxygen atoms in total. The minimum absolute atomic E-state index is 0.00163. The van der Waals surface area contributed by atoms with Crippen LogP contribution in [-0.2, 0) is 28.6 Å². The van der Waals surface area contributed by atoms with E-state index in [1.165, 1.54) is 11.8 Å². The molecule has 112 valence electrons. The van der Waals surface area contributed by atoms with Crippen molar-refractivity contribution in [3.63, 3.8) is 0 Å². The van der Waals surface area contributed by atoms with Gasteiger partial charge in [-0.1, -0.05) is 0 Å². The minimum atomic E-state index is -3.56. The summed E-state index contributed by atoms with van der Waals surface area (Å²) in [5, 5.41) is 0. The maximum atomic E-state index is 11.6. The van der Waals surface area contributed by atoms with E-state index in [0.29, 0.717) is 0 Å². The van der Waals surface area contributed by atoms with E-state index in [1.54, 1.807) is 20.8 Å². The number of carbonyl (C=O) groups excluding carboxylic acids is 2. The second-order valence-corrected chi connectivity index (χ2v) is 6.70. The van der Waals surface area contributed by atoms with Crippen LogP contribution in [0.25, 0.3) is 0 Å². The van der Waals surface area contributed by atoms with Gasteiger partial charge in [-0.2, -0.15) is 8.42 Å². The molecular formula is C11H21NO6S. The first-order valence-corrected chi connectivity index (χ1v) is 7.54. The van der Waals surface area contributed by atoms with Gasteiger partial charge in [0, 0.05) is 13.5 Å². The number of nitrogens with zero attached hydrogens (tertiary/aromatic N) is 1. The van der Waals surface area contributed by atoms with Gasteiger partial charge >= 0.3 is 5.97 Å². The molecule has 1 amide bonds. The van der Waals surface area contributed by atoms with E-state index in [-0.39, 0.29) is 25.6 Å². The van der Waals surface area contributed by atoms with Crippen molar-refractivity contribution in [2.24, 2.45) is 0 Å². The van der Waals surface area contributed by atoms with Crippen LogP contribution in [-0.4, -0.2) is 56.7 Å². The number of esters is 1. The Morgan fingerprint density at radius 1 is 1.21 bits per heavy atom. The fourth-order valence-electron chi connectivity index (χ4n) is 1.18. The van der Waals surface area contributed by atoms with Crippen LogP contribution in [0.15, 0.2) is 0 Å². The van der Waals surface area contributed by atoms with Crippen molar-refractivity contribution >= 4 is 22.0 Å². The van der Waals surface area contributed by atoms with Crippen LogP contribution in [0.5, 0.6) is 0 Å². The van der Waals surface area contributed by atoms with Gasteiger partial charge in [0.15, 0.2) is 0 Å². The molecule has 0 aliphatic heterocycles. The molecule has 0 saturated heterocycles. The van der Waals surface area contributed by atoms with Crippen LogP contribution in [0.3, 0.4) is 0 Å². The number of ether oxygens (including phenoxy) is 1. The van der Waals surface area contributed by atoms with Gasteiger partial charge in [0.25, 0.3) is 10.1 Å². The Kier molecular flexibility index (Phi) is 6.44. The molecule has 0 rings (SSSR count). The lowest BCUT2D eigenvalue weighted by molar-refractivity contribution is -0.158. The molecule has 0 unspecified atom stereocenters. The van der Waals surface area contributed by atoms with Gasteiger partial charge in [0.2, 0.25) is 5.91 Å². The summed E-state index contributed by atoms with van der Waals surface area (Å²) in [6.45, 7) is 6.01. The van der Waals surface area contributed by atoms with Crippen molar-refractivity contribution in [2.45, 2.75) is 33.3 Å². The standard InChI is InChI=1S/C11H21NO6S/c1-9(13)12(6-7-17-19(5,15)16)8-10(14)18-11(2,3)4/h6-8H2,1-5H3. The lowest BCUT2D eigenvalue weighted by Gasteiger charge is -2.24. The third-order valence-electron chi connectivity index (χ3n) is 1.84. The van der Waals surface area contributed by atoms with Gasteiger partial charge in [-0.25, -0.2) is 0 Å². The highest BCUT2D eigenvalue weighted by atomic mass is 32.2. The largest absolute Gasteiger partial charge is 0.459 e. The average molecular weight is 295 g/mol. The van der Waals surface area contributed by atoms with E-state index in [4.69, 9.17) is 4.74 Å². The van der Waals surface area contributed by atoms with Gasteiger partial charge in [0.1, 0.15) is 12.1 Å². The monoisotopic (exact) mass is 295 g/mol. The fourth-order valence-corrected chi connectivity index (χ4v) is 1.55. The highest BCUT2D eigenvalue weighted by Gasteiger charge is 2.20. The molecule has 0 spiro atoms. The molecule has 0 aromatic carbocycles. The van der Waals surface area contributed by atoms with Crippen molar-refractivity contribution in [3.8, 4) is 0 Å². The van der Waals surface area contributed by atoms with Gasteiger partial charge < -0.3 is 9.64 Å². The maximum absolute atomic E-state index is 11.6. The molecule has 0 saturated carbocycles. The van der Waals surface area contributed by atoms with E-state index >= 15 is 0 Å². The number of amides is 1. The lowest BCUT2D eigenvalue weighted by Crippen LogP contribution is -2.39. The van der Waals surface area contributed by atoms with Crippen molar-refractivity contribution in [1.29, 1.82) is 0 Å². The number of carbonyl (C=O) groups is 2. The second-order valence-electron chi connectivity index (χ2n) is 5.05. The molecule has 0 heterocycles. The van der Waals surface area contributed by atoms with Crippen molar-refractivity contribution < 1.29 is 26.9 Å². The summed E-state index contributed by atoms with van der Waals surface area (Å²) >= 11 is 0. The molecular weight excluding hydrogens is 274 g/mol. The molecule has 0 bridgehead atoms. The highest BCUT2D eigenvalue weighted by molar-refractivity contribution is 7.85. The van der Waals surface area contributed by atoms with Crippen LogP contribution in [0.1, 0.15) is 27.7 Å². The lowest BCUT2D eigenvalue weighted by atomic mass is 10.2. The number of hydrogen-bond donors (Lipinski definition) is 0. The second kappa shape index (κ2) is 6.85. The highest BCUT2D eigenvalue weighted by Crippen LogP contribution is 2.07. The Labute approximate surface area is 114 Å². The summed E-state index contributed by atoms with van der Waals surface area (Å²) in [6.07, 6.45) is 0.916. The van der Waals surface area contributed by atoms with Gasteiger partial charge in [0.05, 0.1) is 12.9 Å². The zero-order valence-corrected chi connectivity index (χ0v) is 12.7. The van der Waals surface area contributed by atoms with Crippen LogP contribution < -0.4 is 0 Å². The molecule has 0 radical (unpaired) electrons. The summed E-state index contributed by atoms with van der Waals surface area (Å²) in [5.41, 5.74) is -0.636. The van der Waals surface area contributed by atoms with Crippen LogP contribution in [0.2, 0.25) is 0 Å². The third kappa shape index (κ3) is 10.5. The van der Waals surface area contributed by atoms with Gasteiger partial charge in [-0.3, -0.25) is 13.8 Å². The Bertz CT molecular complexity index is 423. The molecule has 0 aliphatic rings. The predicted octanol–water partition coefficient (Wildman–Crippen LogP) is 0.153. The smallest absolute Gasteiger partial charge is 0.326 e. The van der Waals surface area contributed by atoms with Crippen LogP contribution in [0, 0.1) is 0 Å². The molecule has 19 heavy (non-hydrogen) atoms. The van der Waals surface area contributed by atoms with Gasteiger partial charge in [-0.15, -0.1) is 0 Å². The minimum Gasteiger partial charge on any atom is -0.459 e. The first-order valence-electron chi connectivity index (χ1n) is 5.72. The Hall–Kier alpha value is -1.15. The molecule has 0 atom stereocenters. The van der Waals surface area contributed by atoms with Gasteiger partial charge in [-0.05, 0) is 20.8 Å². The van der Waals surface area contributed by atoms with E-state index in [9.17, 15) is 18.0 Å². The van der Waals surface area contributed by atoms with E-state index in [1.807, 2.05) is 0 Å². The van der Waals surface area contributed by atoms with Crippen molar-refractivity contribution in [3.05, 3.63) is 0 Å². The number of rotatable bonds is 6. The molecule has 0 N–H and O–H groups in total. The molecule has 0 aliphatic carbocycles. The quantitative estimate of drug-likeness (QED) is 0.512. The third-order valence-corrected chi connectivity index (χ3v) is 2.44. The molecule has 0 aromatic rings. The fraction of sp³-hybridized carbons (Fsp3) is 0.818. The Balaban J connectivity index is 4.35. The SMILES string of the molecule is CC(=O)N(CCOS(C)(=O)=O)CC(=O)OC(C)(C)C. The molecule has 0 aromatic heterocycles. The first kappa shape index (κ1) is 17.8. The average Bonchev–Trinajstić information content (AvgIpc) is 2.10. The maximum Gasteiger partial charge on any atom is 0.326 e. The first-order chi connectivity index (χ1) is 8.41. The van der Waals surface area contributed by atoms with Crippen LogP contribution in [0.4, 0.5) is 0 Å². The van der Waals surface area contributed by atoms with Crippen molar-refractivity contribution in [1.82, 2.24) is 4.90 Å². The number of hydrogen-bond acceptors (Lipinski definition) is 6. The Morgan fingerprint density at radius 3 is 2.11 bits per heavy atom. The van der Waals surface area contributed by atoms with Crippen molar-refractivity contribution in [2.75, 3.05) is 26.0 Å². The summed E-state index contributed by atoms with van der Waals surface area (Å²) in [7, 11) is -3.56. The molecule has 8 heteroatoms. The summed E-state index contributed by atoms with van der Waals surface area (Å²) in [6, 6.07) is 0. The molecule has 0 fully saturated rings. The summed E-state index contributed by atoms with van der Waals surface area (Å²) < 4.78 is 31.1. The Morgan fingerprint density at radius 2 is 1.74 bits per heavy atom. The normalized spacial score (nSPS) is 12.1. The van der Waals surface area contributed by atoms with E-state index in [0.717, 1.165) is 6.26 Å². The summed E-state index contributed by atoms with van der Waals surface area (Å²) in [5.74, 6) is -0.912. The predicted molar refractivity (Wildman–Crippen MR) is 68.9 cm³/mol. The summed E-state index contributed by atoms with van der Waals surface area (Å²) in [4.78, 5) is 24.0. The van der Waals surface area contributed by atoms with Crippen LogP contribution >= 0.6 is 0 Å². The zero-order valence-electron chi connectivity index (χ0n) is 11.9. The van der Waals surface area contributed by atoms with E-state index in [2.05, 4.69) is 4.18 Å².